The SMILES string of the molecule is C[C@@H](O)Cc1ccccc1-c1c[nH]c(=O)c2cc(OCC#N)ccc12. The number of nitrogens with one attached hydrogen (secondary N) is 1. The zero-order valence-corrected chi connectivity index (χ0v) is 13.8. The van der Waals surface area contributed by atoms with Crippen LogP contribution >= 0.6 is 0 Å². The Bertz CT molecular complexity index is 1000. The van der Waals surface area contributed by atoms with Gasteiger partial charge in [-0.2, -0.15) is 5.26 Å². The minimum Gasteiger partial charge on any atom is -0.479 e. The van der Waals surface area contributed by atoms with Crippen LogP contribution in [0.4, 0.5) is 0 Å². The molecule has 0 amide bonds. The molecule has 0 saturated carbocycles. The van der Waals surface area contributed by atoms with Crippen molar-refractivity contribution in [2.45, 2.75) is 19.4 Å². The molecule has 0 spiro atoms. The number of aliphatic hydroxyl groups excluding tert-OH is 1. The second-order valence-corrected chi connectivity index (χ2v) is 5.90. The first-order valence-corrected chi connectivity index (χ1v) is 8.01. The number of aromatic amines is 1. The average molecular weight is 334 g/mol. The second-order valence-electron chi connectivity index (χ2n) is 5.90. The van der Waals surface area contributed by atoms with Crippen molar-refractivity contribution < 1.29 is 9.84 Å². The van der Waals surface area contributed by atoms with Crippen LogP contribution in [0.15, 0.2) is 53.5 Å². The van der Waals surface area contributed by atoms with Crippen LogP contribution in [-0.4, -0.2) is 22.8 Å². The van der Waals surface area contributed by atoms with E-state index >= 15 is 0 Å². The predicted octanol–water partition coefficient (Wildman–Crippen LogP) is 3.02. The molecule has 1 heterocycles. The lowest BCUT2D eigenvalue weighted by Crippen LogP contribution is -2.08. The lowest BCUT2D eigenvalue weighted by Gasteiger charge is -2.13. The Labute approximate surface area is 145 Å². The van der Waals surface area contributed by atoms with E-state index in [2.05, 4.69) is 4.98 Å². The number of aromatic nitrogens is 1. The Morgan fingerprint density at radius 2 is 2.00 bits per heavy atom. The number of aliphatic hydroxyl groups is 1. The number of benzene rings is 2. The molecule has 0 unspecified atom stereocenters. The van der Waals surface area contributed by atoms with Gasteiger partial charge in [0.2, 0.25) is 0 Å². The van der Waals surface area contributed by atoms with E-state index in [1.807, 2.05) is 36.4 Å². The number of hydrogen-bond donors (Lipinski definition) is 2. The van der Waals surface area contributed by atoms with Gasteiger partial charge in [0.1, 0.15) is 11.8 Å². The molecule has 3 rings (SSSR count). The van der Waals surface area contributed by atoms with E-state index in [1.54, 1.807) is 25.3 Å². The lowest BCUT2D eigenvalue weighted by molar-refractivity contribution is 0.195. The van der Waals surface area contributed by atoms with Crippen molar-refractivity contribution in [1.29, 1.82) is 5.26 Å². The zero-order chi connectivity index (χ0) is 17.8. The minimum atomic E-state index is -0.457. The Kier molecular flexibility index (Phi) is 4.82. The average Bonchev–Trinajstić information content (AvgIpc) is 2.61. The topological polar surface area (TPSA) is 86.1 Å². The Morgan fingerprint density at radius 3 is 2.76 bits per heavy atom. The van der Waals surface area contributed by atoms with Crippen LogP contribution in [0.1, 0.15) is 12.5 Å². The summed E-state index contributed by atoms with van der Waals surface area (Å²) in [5, 5.41) is 19.7. The van der Waals surface area contributed by atoms with E-state index < -0.39 is 6.10 Å². The highest BCUT2D eigenvalue weighted by atomic mass is 16.5. The monoisotopic (exact) mass is 334 g/mol. The first-order chi connectivity index (χ1) is 12.1. The molecular formula is C20H18N2O3. The summed E-state index contributed by atoms with van der Waals surface area (Å²) in [5.41, 5.74) is 2.65. The minimum absolute atomic E-state index is 0.0691. The van der Waals surface area contributed by atoms with Gasteiger partial charge in [0.05, 0.1) is 11.5 Å². The summed E-state index contributed by atoms with van der Waals surface area (Å²) >= 11 is 0. The third kappa shape index (κ3) is 3.54. The fourth-order valence-electron chi connectivity index (χ4n) is 2.95. The molecule has 2 N–H and O–H groups in total. The zero-order valence-electron chi connectivity index (χ0n) is 13.8. The molecule has 0 aliphatic carbocycles. The van der Waals surface area contributed by atoms with Gasteiger partial charge in [0.15, 0.2) is 6.61 Å². The maximum atomic E-state index is 12.2. The Morgan fingerprint density at radius 1 is 1.20 bits per heavy atom. The smallest absolute Gasteiger partial charge is 0.255 e. The number of H-pyrrole nitrogens is 1. The van der Waals surface area contributed by atoms with E-state index in [0.29, 0.717) is 17.6 Å². The summed E-state index contributed by atoms with van der Waals surface area (Å²) in [4.78, 5) is 15.0. The molecule has 0 radical (unpaired) electrons. The number of pyridine rings is 1. The van der Waals surface area contributed by atoms with Gasteiger partial charge in [0.25, 0.3) is 5.56 Å². The predicted molar refractivity (Wildman–Crippen MR) is 96.5 cm³/mol. The Balaban J connectivity index is 2.17. The van der Waals surface area contributed by atoms with E-state index in [9.17, 15) is 9.90 Å². The van der Waals surface area contributed by atoms with Crippen LogP contribution in [0.3, 0.4) is 0 Å². The fourth-order valence-corrected chi connectivity index (χ4v) is 2.95. The quantitative estimate of drug-likeness (QED) is 0.751. The Hall–Kier alpha value is -3.10. The largest absolute Gasteiger partial charge is 0.479 e. The molecule has 126 valence electrons. The highest BCUT2D eigenvalue weighted by molar-refractivity contribution is 5.97. The molecule has 5 heteroatoms. The lowest BCUT2D eigenvalue weighted by atomic mass is 9.94. The number of hydrogen-bond acceptors (Lipinski definition) is 4. The van der Waals surface area contributed by atoms with Crippen LogP contribution in [0.5, 0.6) is 5.75 Å². The molecule has 0 bridgehead atoms. The van der Waals surface area contributed by atoms with E-state index in [1.165, 1.54) is 0 Å². The maximum Gasteiger partial charge on any atom is 0.255 e. The van der Waals surface area contributed by atoms with Crippen molar-refractivity contribution in [3.8, 4) is 22.9 Å². The van der Waals surface area contributed by atoms with Gasteiger partial charge in [-0.1, -0.05) is 24.3 Å². The number of rotatable bonds is 5. The third-order valence-electron chi connectivity index (χ3n) is 4.00. The molecule has 25 heavy (non-hydrogen) atoms. The molecule has 0 fully saturated rings. The van der Waals surface area contributed by atoms with Gasteiger partial charge in [-0.05, 0) is 48.1 Å². The molecular weight excluding hydrogens is 316 g/mol. The van der Waals surface area contributed by atoms with Gasteiger partial charge >= 0.3 is 0 Å². The molecule has 0 aliphatic rings. The highest BCUT2D eigenvalue weighted by Crippen LogP contribution is 2.31. The van der Waals surface area contributed by atoms with E-state index in [0.717, 1.165) is 22.1 Å². The summed E-state index contributed by atoms with van der Waals surface area (Å²) in [7, 11) is 0. The van der Waals surface area contributed by atoms with Crippen molar-refractivity contribution >= 4 is 10.8 Å². The molecule has 3 aromatic rings. The molecule has 1 atom stereocenters. The van der Waals surface area contributed by atoms with Crippen LogP contribution < -0.4 is 10.3 Å². The van der Waals surface area contributed by atoms with Gasteiger partial charge in [-0.3, -0.25) is 4.79 Å². The molecule has 0 saturated heterocycles. The van der Waals surface area contributed by atoms with Crippen molar-refractivity contribution in [2.24, 2.45) is 0 Å². The number of nitrogens with zero attached hydrogens (tertiary/aromatic N) is 1. The summed E-state index contributed by atoms with van der Waals surface area (Å²) < 4.78 is 5.29. The van der Waals surface area contributed by atoms with Gasteiger partial charge in [-0.25, -0.2) is 0 Å². The molecule has 5 nitrogen and oxygen atoms in total. The normalized spacial score (nSPS) is 11.9. The first kappa shape index (κ1) is 16.7. The van der Waals surface area contributed by atoms with Crippen LogP contribution in [0.25, 0.3) is 21.9 Å². The molecule has 2 aromatic carbocycles. The molecule has 1 aromatic heterocycles. The van der Waals surface area contributed by atoms with Crippen molar-refractivity contribution in [1.82, 2.24) is 4.98 Å². The van der Waals surface area contributed by atoms with E-state index in [4.69, 9.17) is 10.00 Å². The molecule has 0 aliphatic heterocycles. The van der Waals surface area contributed by atoms with Crippen molar-refractivity contribution in [3.63, 3.8) is 0 Å². The number of nitriles is 1. The third-order valence-corrected chi connectivity index (χ3v) is 4.00. The highest BCUT2D eigenvalue weighted by Gasteiger charge is 2.12. The fraction of sp³-hybridized carbons (Fsp3) is 0.200. The number of ether oxygens (including phenoxy) is 1. The van der Waals surface area contributed by atoms with Crippen LogP contribution in [-0.2, 0) is 6.42 Å². The van der Waals surface area contributed by atoms with E-state index in [-0.39, 0.29) is 12.2 Å². The van der Waals surface area contributed by atoms with Crippen LogP contribution in [0.2, 0.25) is 0 Å². The summed E-state index contributed by atoms with van der Waals surface area (Å²) in [6, 6.07) is 14.9. The summed E-state index contributed by atoms with van der Waals surface area (Å²) in [6.45, 7) is 1.68. The first-order valence-electron chi connectivity index (χ1n) is 8.01. The standard InChI is InChI=1S/C20H18N2O3/c1-13(23)10-14-4-2-3-5-16(14)19-12-22-20(24)18-11-15(25-9-8-21)6-7-17(18)19/h2-7,11-13,23H,9-10H2,1H3,(H,22,24)/t13-/m1/s1. The summed E-state index contributed by atoms with van der Waals surface area (Å²) in [5.74, 6) is 0.481. The van der Waals surface area contributed by atoms with Crippen molar-refractivity contribution in [3.05, 3.63) is 64.6 Å². The van der Waals surface area contributed by atoms with Gasteiger partial charge < -0.3 is 14.8 Å². The van der Waals surface area contributed by atoms with Gasteiger partial charge in [0, 0.05) is 11.8 Å². The maximum absolute atomic E-state index is 12.2. The number of fused-ring (bicyclic) bond motifs is 1. The summed E-state index contributed by atoms with van der Waals surface area (Å²) in [6.07, 6.45) is 1.77. The second kappa shape index (κ2) is 7.20. The van der Waals surface area contributed by atoms with Crippen LogP contribution in [0, 0.1) is 11.3 Å². The van der Waals surface area contributed by atoms with Crippen molar-refractivity contribution in [2.75, 3.05) is 6.61 Å². The van der Waals surface area contributed by atoms with Gasteiger partial charge in [-0.15, -0.1) is 0 Å².